The molecule has 0 atom stereocenters. The molecule has 0 unspecified atom stereocenters. The molecule has 3 rings (SSSR count). The zero-order valence-corrected chi connectivity index (χ0v) is 18.6. The molecule has 0 saturated carbocycles. The van der Waals surface area contributed by atoms with E-state index < -0.39 is 10.1 Å². The average Bonchev–Trinajstić information content (AvgIpc) is 2.77. The van der Waals surface area contributed by atoms with Gasteiger partial charge in [0.2, 0.25) is 0 Å². The molecule has 0 fully saturated rings. The monoisotopic (exact) mass is 454 g/mol. The van der Waals surface area contributed by atoms with E-state index in [0.717, 1.165) is 11.3 Å². The minimum atomic E-state index is -4.32. The number of hydrogen-bond donors (Lipinski definition) is 1. The summed E-state index contributed by atoms with van der Waals surface area (Å²) in [4.78, 5) is -0.256. The van der Waals surface area contributed by atoms with E-state index in [4.69, 9.17) is 14.0 Å². The highest BCUT2D eigenvalue weighted by molar-refractivity contribution is 7.85. The Morgan fingerprint density at radius 2 is 1.56 bits per heavy atom. The molecule has 0 radical (unpaired) electrons. The predicted octanol–water partition coefficient (Wildman–Crippen LogP) is 6.48. The number of azo groups is 2. The van der Waals surface area contributed by atoms with Crippen molar-refractivity contribution in [2.45, 2.75) is 18.7 Å². The Morgan fingerprint density at radius 1 is 0.875 bits per heavy atom. The van der Waals surface area contributed by atoms with Gasteiger partial charge >= 0.3 is 0 Å². The molecule has 10 heteroatoms. The Hall–Kier alpha value is -3.63. The van der Waals surface area contributed by atoms with Gasteiger partial charge in [-0.15, -0.1) is 5.11 Å². The summed E-state index contributed by atoms with van der Waals surface area (Å²) >= 11 is 0. The summed E-state index contributed by atoms with van der Waals surface area (Å²) in [5.41, 5.74) is 2.74. The van der Waals surface area contributed by atoms with Gasteiger partial charge in [-0.1, -0.05) is 6.07 Å². The summed E-state index contributed by atoms with van der Waals surface area (Å²) in [6.07, 6.45) is 0. The Bertz CT molecular complexity index is 1260. The SMILES string of the molecule is CCOc1ccc(N=Nc2cc(C)c(N=Nc3cccc(S(=O)(=O)O)c3)cc2OC)cc1. The second kappa shape index (κ2) is 10.1. The van der Waals surface area contributed by atoms with E-state index in [0.29, 0.717) is 29.4 Å². The van der Waals surface area contributed by atoms with Crippen molar-refractivity contribution in [1.29, 1.82) is 0 Å². The molecule has 166 valence electrons. The Morgan fingerprint density at radius 3 is 2.22 bits per heavy atom. The Kier molecular flexibility index (Phi) is 7.29. The van der Waals surface area contributed by atoms with Crippen LogP contribution in [0.4, 0.5) is 22.7 Å². The van der Waals surface area contributed by atoms with E-state index >= 15 is 0 Å². The summed E-state index contributed by atoms with van der Waals surface area (Å²) in [5, 5.41) is 16.8. The molecular formula is C22H22N4O5S. The number of aryl methyl sites for hydroxylation is 1. The van der Waals surface area contributed by atoms with Crippen LogP contribution in [0.15, 0.2) is 86.0 Å². The molecule has 1 N–H and O–H groups in total. The lowest BCUT2D eigenvalue weighted by Gasteiger charge is -2.07. The fourth-order valence-electron chi connectivity index (χ4n) is 2.72. The Labute approximate surface area is 186 Å². The van der Waals surface area contributed by atoms with Gasteiger partial charge in [0.25, 0.3) is 10.1 Å². The number of ether oxygens (including phenoxy) is 2. The minimum absolute atomic E-state index is 0.256. The van der Waals surface area contributed by atoms with Crippen LogP contribution >= 0.6 is 0 Å². The van der Waals surface area contributed by atoms with Crippen molar-refractivity contribution in [1.82, 2.24) is 0 Å². The highest BCUT2D eigenvalue weighted by atomic mass is 32.2. The number of benzene rings is 3. The standard InChI is InChI=1S/C22H22N4O5S/c1-4-31-18-10-8-16(9-11-18)23-26-21-12-15(2)20(14-22(21)30-3)25-24-17-6-5-7-19(13-17)32(27,28)29/h5-14H,4H2,1-3H3,(H,27,28,29). The van der Waals surface area contributed by atoms with Crippen LogP contribution in [0.1, 0.15) is 12.5 Å². The molecular weight excluding hydrogens is 432 g/mol. The van der Waals surface area contributed by atoms with Gasteiger partial charge in [0.05, 0.1) is 35.7 Å². The van der Waals surface area contributed by atoms with E-state index in [-0.39, 0.29) is 10.6 Å². The van der Waals surface area contributed by atoms with Crippen molar-refractivity contribution in [3.05, 3.63) is 66.2 Å². The highest BCUT2D eigenvalue weighted by Gasteiger charge is 2.10. The fourth-order valence-corrected chi connectivity index (χ4v) is 3.24. The minimum Gasteiger partial charge on any atom is -0.494 e. The third-order valence-electron chi connectivity index (χ3n) is 4.31. The summed E-state index contributed by atoms with van der Waals surface area (Å²) in [5.74, 6) is 1.21. The number of nitrogens with zero attached hydrogens (tertiary/aromatic N) is 4. The van der Waals surface area contributed by atoms with Crippen LogP contribution in [-0.2, 0) is 10.1 Å². The maximum absolute atomic E-state index is 11.3. The number of hydrogen-bond acceptors (Lipinski definition) is 8. The van der Waals surface area contributed by atoms with Crippen molar-refractivity contribution in [3.8, 4) is 11.5 Å². The van der Waals surface area contributed by atoms with Gasteiger partial charge in [-0.3, -0.25) is 4.55 Å². The lowest BCUT2D eigenvalue weighted by Crippen LogP contribution is -1.96. The summed E-state index contributed by atoms with van der Waals surface area (Å²) in [6.45, 7) is 4.34. The quantitative estimate of drug-likeness (QED) is 0.308. The topological polar surface area (TPSA) is 122 Å². The second-order valence-corrected chi connectivity index (χ2v) is 8.03. The molecule has 0 amide bonds. The number of methoxy groups -OCH3 is 1. The summed E-state index contributed by atoms with van der Waals surface area (Å²) < 4.78 is 42.6. The van der Waals surface area contributed by atoms with Gasteiger partial charge in [0, 0.05) is 6.07 Å². The molecule has 3 aromatic rings. The van der Waals surface area contributed by atoms with E-state index in [1.54, 1.807) is 30.3 Å². The van der Waals surface area contributed by atoms with Crippen molar-refractivity contribution in [2.24, 2.45) is 20.5 Å². The van der Waals surface area contributed by atoms with E-state index in [1.807, 2.05) is 26.0 Å². The molecule has 0 aliphatic heterocycles. The van der Waals surface area contributed by atoms with Gasteiger partial charge in [-0.2, -0.15) is 23.8 Å². The third-order valence-corrected chi connectivity index (χ3v) is 5.16. The maximum Gasteiger partial charge on any atom is 0.294 e. The smallest absolute Gasteiger partial charge is 0.294 e. The summed E-state index contributed by atoms with van der Waals surface area (Å²) in [7, 11) is -2.81. The van der Waals surface area contributed by atoms with Crippen LogP contribution in [-0.4, -0.2) is 26.7 Å². The Balaban J connectivity index is 1.84. The predicted molar refractivity (Wildman–Crippen MR) is 120 cm³/mol. The zero-order chi connectivity index (χ0) is 23.1. The first-order chi connectivity index (χ1) is 15.3. The fraction of sp³-hybridized carbons (Fsp3) is 0.182. The zero-order valence-electron chi connectivity index (χ0n) is 17.8. The number of rotatable bonds is 8. The lowest BCUT2D eigenvalue weighted by molar-refractivity contribution is 0.340. The largest absolute Gasteiger partial charge is 0.494 e. The molecule has 0 heterocycles. The van der Waals surface area contributed by atoms with Crippen molar-refractivity contribution >= 4 is 32.9 Å². The van der Waals surface area contributed by atoms with E-state index in [2.05, 4.69) is 20.5 Å². The van der Waals surface area contributed by atoms with Gasteiger partial charge in [0.15, 0.2) is 0 Å². The molecule has 0 spiro atoms. The maximum atomic E-state index is 11.3. The second-order valence-electron chi connectivity index (χ2n) is 6.61. The van der Waals surface area contributed by atoms with Crippen LogP contribution in [0.3, 0.4) is 0 Å². The van der Waals surface area contributed by atoms with Crippen molar-refractivity contribution in [3.63, 3.8) is 0 Å². The van der Waals surface area contributed by atoms with Crippen LogP contribution in [0, 0.1) is 6.92 Å². The van der Waals surface area contributed by atoms with Gasteiger partial charge in [-0.25, -0.2) is 0 Å². The third kappa shape index (κ3) is 5.96. The molecule has 3 aromatic carbocycles. The highest BCUT2D eigenvalue weighted by Crippen LogP contribution is 2.36. The first-order valence-corrected chi connectivity index (χ1v) is 11.1. The normalized spacial score (nSPS) is 11.9. The molecule has 0 aliphatic carbocycles. The molecule has 32 heavy (non-hydrogen) atoms. The first-order valence-electron chi connectivity index (χ1n) is 9.62. The molecule has 9 nitrogen and oxygen atoms in total. The average molecular weight is 455 g/mol. The van der Waals surface area contributed by atoms with Crippen molar-refractivity contribution in [2.75, 3.05) is 13.7 Å². The van der Waals surface area contributed by atoms with Crippen LogP contribution in [0.25, 0.3) is 0 Å². The van der Waals surface area contributed by atoms with Gasteiger partial charge in [0.1, 0.15) is 17.2 Å². The lowest BCUT2D eigenvalue weighted by atomic mass is 10.1. The molecule has 0 aliphatic rings. The first kappa shape index (κ1) is 23.0. The van der Waals surface area contributed by atoms with Gasteiger partial charge < -0.3 is 9.47 Å². The molecule has 0 saturated heterocycles. The molecule has 0 aromatic heterocycles. The van der Waals surface area contributed by atoms with E-state index in [9.17, 15) is 8.42 Å². The van der Waals surface area contributed by atoms with Crippen molar-refractivity contribution < 1.29 is 22.4 Å². The van der Waals surface area contributed by atoms with Crippen LogP contribution in [0.2, 0.25) is 0 Å². The van der Waals surface area contributed by atoms with Crippen LogP contribution < -0.4 is 9.47 Å². The van der Waals surface area contributed by atoms with Gasteiger partial charge in [-0.05, 0) is 67.9 Å². The van der Waals surface area contributed by atoms with Crippen LogP contribution in [0.5, 0.6) is 11.5 Å². The molecule has 0 bridgehead atoms. The van der Waals surface area contributed by atoms with E-state index in [1.165, 1.54) is 25.3 Å². The summed E-state index contributed by atoms with van der Waals surface area (Å²) in [6, 6.07) is 16.2.